The topological polar surface area (TPSA) is 75.3 Å². The van der Waals surface area contributed by atoms with Crippen molar-refractivity contribution in [2.24, 2.45) is 0 Å². The summed E-state index contributed by atoms with van der Waals surface area (Å²) >= 11 is 0. The van der Waals surface area contributed by atoms with E-state index in [-0.39, 0.29) is 10.8 Å². The summed E-state index contributed by atoms with van der Waals surface area (Å²) in [7, 11) is -3.64. The molecule has 5 nitrogen and oxygen atoms in total. The van der Waals surface area contributed by atoms with Crippen molar-refractivity contribution in [2.45, 2.75) is 31.6 Å². The Morgan fingerprint density at radius 3 is 2.57 bits per heavy atom. The van der Waals surface area contributed by atoms with Gasteiger partial charge in [0, 0.05) is 17.8 Å². The van der Waals surface area contributed by atoms with E-state index in [2.05, 4.69) is 10.0 Å². The minimum atomic E-state index is -3.64. The Morgan fingerprint density at radius 2 is 1.83 bits per heavy atom. The second-order valence-electron chi connectivity index (χ2n) is 5.79. The number of rotatable bonds is 3. The van der Waals surface area contributed by atoms with Gasteiger partial charge in [0.2, 0.25) is 5.91 Å². The van der Waals surface area contributed by atoms with Gasteiger partial charge in [-0.05, 0) is 55.7 Å². The summed E-state index contributed by atoms with van der Waals surface area (Å²) in [6, 6.07) is 10.4. The van der Waals surface area contributed by atoms with E-state index < -0.39 is 10.0 Å². The molecule has 120 valence electrons. The smallest absolute Gasteiger partial charge is 0.262 e. The Bertz CT molecular complexity index is 889. The van der Waals surface area contributed by atoms with Gasteiger partial charge in [-0.15, -0.1) is 0 Å². The summed E-state index contributed by atoms with van der Waals surface area (Å²) in [6.45, 7) is 3.71. The number of carbonyl (C=O) groups excluding carboxylic acids is 1. The number of carbonyl (C=O) groups is 1. The van der Waals surface area contributed by atoms with Crippen LogP contribution in [-0.4, -0.2) is 14.3 Å². The van der Waals surface area contributed by atoms with Crippen molar-refractivity contribution in [3.8, 4) is 0 Å². The number of fused-ring (bicyclic) bond motifs is 1. The molecule has 6 heteroatoms. The van der Waals surface area contributed by atoms with Crippen molar-refractivity contribution in [3.63, 3.8) is 0 Å². The highest BCUT2D eigenvalue weighted by Crippen LogP contribution is 2.27. The molecule has 0 aliphatic carbocycles. The van der Waals surface area contributed by atoms with E-state index in [9.17, 15) is 13.2 Å². The van der Waals surface area contributed by atoms with Crippen LogP contribution in [0.15, 0.2) is 41.3 Å². The standard InChI is InChI=1S/C17H18N2O3S/c1-11-3-7-16(12(2)9-11)23(21,22)19-14-5-6-15-13(10-14)4-8-17(20)18-15/h3,5-7,9-10,19H,4,8H2,1-2H3,(H,18,20). The normalized spacial score (nSPS) is 14.1. The molecule has 23 heavy (non-hydrogen) atoms. The van der Waals surface area contributed by atoms with Crippen LogP contribution in [0.5, 0.6) is 0 Å². The van der Waals surface area contributed by atoms with Gasteiger partial charge in [-0.25, -0.2) is 8.42 Å². The van der Waals surface area contributed by atoms with Crippen LogP contribution in [0.1, 0.15) is 23.1 Å². The predicted molar refractivity (Wildman–Crippen MR) is 90.1 cm³/mol. The number of aryl methyl sites for hydroxylation is 3. The average molecular weight is 330 g/mol. The summed E-state index contributed by atoms with van der Waals surface area (Å²) in [6.07, 6.45) is 1.03. The van der Waals surface area contributed by atoms with Crippen molar-refractivity contribution >= 4 is 27.3 Å². The number of hydrogen-bond acceptors (Lipinski definition) is 3. The van der Waals surface area contributed by atoms with E-state index in [0.717, 1.165) is 16.8 Å². The fourth-order valence-corrected chi connectivity index (χ4v) is 4.04. The van der Waals surface area contributed by atoms with Crippen LogP contribution in [0.25, 0.3) is 0 Å². The first-order valence-electron chi connectivity index (χ1n) is 7.38. The number of nitrogens with one attached hydrogen (secondary N) is 2. The molecule has 3 rings (SSSR count). The van der Waals surface area contributed by atoms with Crippen molar-refractivity contribution < 1.29 is 13.2 Å². The third-order valence-electron chi connectivity index (χ3n) is 3.87. The number of hydrogen-bond donors (Lipinski definition) is 2. The Kier molecular flexibility index (Phi) is 3.85. The van der Waals surface area contributed by atoms with Crippen LogP contribution >= 0.6 is 0 Å². The molecule has 1 aliphatic heterocycles. The number of sulfonamides is 1. The van der Waals surface area contributed by atoms with E-state index in [1.54, 1.807) is 37.3 Å². The molecule has 2 aromatic carbocycles. The van der Waals surface area contributed by atoms with Gasteiger partial charge >= 0.3 is 0 Å². The SMILES string of the molecule is Cc1ccc(S(=O)(=O)Nc2ccc3c(c2)CCC(=O)N3)c(C)c1. The molecule has 1 heterocycles. The Morgan fingerprint density at radius 1 is 1.04 bits per heavy atom. The zero-order chi connectivity index (χ0) is 16.6. The molecule has 0 saturated carbocycles. The molecule has 2 N–H and O–H groups in total. The summed E-state index contributed by atoms with van der Waals surface area (Å²) in [5.74, 6) is -0.0129. The largest absolute Gasteiger partial charge is 0.326 e. The first-order chi connectivity index (χ1) is 10.8. The van der Waals surface area contributed by atoms with Gasteiger partial charge < -0.3 is 5.32 Å². The van der Waals surface area contributed by atoms with Gasteiger partial charge in [-0.1, -0.05) is 17.7 Å². The summed E-state index contributed by atoms with van der Waals surface area (Å²) in [4.78, 5) is 11.6. The Balaban J connectivity index is 1.90. The molecule has 0 atom stereocenters. The van der Waals surface area contributed by atoms with Crippen LogP contribution in [0.2, 0.25) is 0 Å². The average Bonchev–Trinajstić information content (AvgIpc) is 2.46. The molecule has 0 spiro atoms. The van der Waals surface area contributed by atoms with Gasteiger partial charge in [0.05, 0.1) is 4.90 Å². The van der Waals surface area contributed by atoms with Crippen molar-refractivity contribution in [1.29, 1.82) is 0 Å². The maximum Gasteiger partial charge on any atom is 0.262 e. The van der Waals surface area contributed by atoms with Gasteiger partial charge in [-0.2, -0.15) is 0 Å². The third-order valence-corrected chi connectivity index (χ3v) is 5.41. The molecule has 0 aromatic heterocycles. The fourth-order valence-electron chi connectivity index (χ4n) is 2.76. The molecule has 0 saturated heterocycles. The summed E-state index contributed by atoms with van der Waals surface area (Å²) < 4.78 is 27.8. The molecule has 0 fully saturated rings. The molecule has 2 aromatic rings. The third kappa shape index (κ3) is 3.22. The second-order valence-corrected chi connectivity index (χ2v) is 7.45. The van der Waals surface area contributed by atoms with E-state index >= 15 is 0 Å². The summed E-state index contributed by atoms with van der Waals surface area (Å²) in [5, 5.41) is 2.78. The lowest BCUT2D eigenvalue weighted by molar-refractivity contribution is -0.116. The predicted octanol–water partition coefficient (Wildman–Crippen LogP) is 2.99. The van der Waals surface area contributed by atoms with Gasteiger partial charge in [-0.3, -0.25) is 9.52 Å². The van der Waals surface area contributed by atoms with Crippen LogP contribution in [0, 0.1) is 13.8 Å². The summed E-state index contributed by atoms with van der Waals surface area (Å²) in [5.41, 5.74) is 3.91. The van der Waals surface area contributed by atoms with Gasteiger partial charge in [0.25, 0.3) is 10.0 Å². The van der Waals surface area contributed by atoms with Gasteiger partial charge in [0.1, 0.15) is 0 Å². The molecule has 0 bridgehead atoms. The lowest BCUT2D eigenvalue weighted by Gasteiger charge is -2.18. The number of amides is 1. The zero-order valence-electron chi connectivity index (χ0n) is 13.0. The van der Waals surface area contributed by atoms with Crippen LogP contribution in [0.4, 0.5) is 11.4 Å². The second kappa shape index (κ2) is 5.70. The van der Waals surface area contributed by atoms with E-state index in [1.165, 1.54) is 0 Å². The lowest BCUT2D eigenvalue weighted by Crippen LogP contribution is -2.19. The fraction of sp³-hybridized carbons (Fsp3) is 0.235. The molecule has 0 unspecified atom stereocenters. The monoisotopic (exact) mass is 330 g/mol. The van der Waals surface area contributed by atoms with E-state index in [0.29, 0.717) is 24.1 Å². The quantitative estimate of drug-likeness (QED) is 0.908. The lowest BCUT2D eigenvalue weighted by atomic mass is 10.0. The molecule has 0 radical (unpaired) electrons. The Labute approximate surface area is 135 Å². The Hall–Kier alpha value is -2.34. The first-order valence-corrected chi connectivity index (χ1v) is 8.86. The van der Waals surface area contributed by atoms with Crippen molar-refractivity contribution in [1.82, 2.24) is 0 Å². The van der Waals surface area contributed by atoms with Gasteiger partial charge in [0.15, 0.2) is 0 Å². The minimum absolute atomic E-state index is 0.0129. The first kappa shape index (κ1) is 15.6. The molecule has 1 amide bonds. The van der Waals surface area contributed by atoms with E-state index in [4.69, 9.17) is 0 Å². The minimum Gasteiger partial charge on any atom is -0.326 e. The van der Waals surface area contributed by atoms with Crippen molar-refractivity contribution in [3.05, 3.63) is 53.1 Å². The van der Waals surface area contributed by atoms with E-state index in [1.807, 2.05) is 13.0 Å². The van der Waals surface area contributed by atoms with Crippen LogP contribution in [-0.2, 0) is 21.2 Å². The maximum absolute atomic E-state index is 12.6. The highest BCUT2D eigenvalue weighted by atomic mass is 32.2. The van der Waals surface area contributed by atoms with Crippen LogP contribution in [0.3, 0.4) is 0 Å². The van der Waals surface area contributed by atoms with Crippen LogP contribution < -0.4 is 10.0 Å². The number of anilines is 2. The highest BCUT2D eigenvalue weighted by Gasteiger charge is 2.19. The zero-order valence-corrected chi connectivity index (χ0v) is 13.8. The highest BCUT2D eigenvalue weighted by molar-refractivity contribution is 7.92. The number of benzene rings is 2. The maximum atomic E-state index is 12.6. The molecular formula is C17H18N2O3S. The molecular weight excluding hydrogens is 312 g/mol. The van der Waals surface area contributed by atoms with Crippen molar-refractivity contribution in [2.75, 3.05) is 10.0 Å². The molecule has 1 aliphatic rings.